The first kappa shape index (κ1) is 24.3. The maximum absolute atomic E-state index is 14.3. The Morgan fingerprint density at radius 3 is 2.71 bits per heavy atom. The molecule has 1 saturated heterocycles. The number of piperidine rings is 1. The van der Waals surface area contributed by atoms with E-state index in [4.69, 9.17) is 9.47 Å². The van der Waals surface area contributed by atoms with Crippen molar-refractivity contribution in [2.24, 2.45) is 5.92 Å². The quantitative estimate of drug-likeness (QED) is 0.637. The summed E-state index contributed by atoms with van der Waals surface area (Å²) in [4.78, 5) is 16.2. The molecule has 35 heavy (non-hydrogen) atoms. The van der Waals surface area contributed by atoms with Crippen molar-refractivity contribution in [1.82, 2.24) is 10.2 Å². The van der Waals surface area contributed by atoms with Gasteiger partial charge >= 0.3 is 0 Å². The molecule has 7 heteroatoms. The van der Waals surface area contributed by atoms with Crippen molar-refractivity contribution < 1.29 is 23.0 Å². The maximum Gasteiger partial charge on any atom is 0.230 e. The van der Waals surface area contributed by atoms with E-state index < -0.39 is 23.2 Å². The normalized spacial score (nSPS) is 23.5. The average molecular weight is 485 g/mol. The third kappa shape index (κ3) is 4.50. The van der Waals surface area contributed by atoms with E-state index >= 15 is 0 Å². The molecule has 2 aromatic rings. The van der Waals surface area contributed by atoms with Gasteiger partial charge in [-0.05, 0) is 91.6 Å². The van der Waals surface area contributed by atoms with E-state index in [1.807, 2.05) is 4.90 Å². The highest BCUT2D eigenvalue weighted by Crippen LogP contribution is 2.48. The molecule has 5 rings (SSSR count). The molecule has 2 atom stereocenters. The fourth-order valence-electron chi connectivity index (χ4n) is 5.73. The van der Waals surface area contributed by atoms with Gasteiger partial charge in [-0.15, -0.1) is 0 Å². The number of rotatable bonds is 7. The summed E-state index contributed by atoms with van der Waals surface area (Å²) in [5.74, 6) is -2.24. The molecule has 0 radical (unpaired) electrons. The van der Waals surface area contributed by atoms with Crippen LogP contribution in [0.3, 0.4) is 0 Å². The van der Waals surface area contributed by atoms with E-state index in [9.17, 15) is 13.6 Å². The number of ether oxygens (including phenoxy) is 2. The predicted octanol–water partition coefficient (Wildman–Crippen LogP) is 4.30. The van der Waals surface area contributed by atoms with Crippen molar-refractivity contribution in [2.45, 2.75) is 64.3 Å². The maximum atomic E-state index is 14.3. The average Bonchev–Trinajstić information content (AvgIpc) is 3.64. The number of hydrogen-bond acceptors (Lipinski definition) is 4. The summed E-state index contributed by atoms with van der Waals surface area (Å²) in [6.07, 6.45) is 3.34. The number of methoxy groups -OCH3 is 1. The van der Waals surface area contributed by atoms with Crippen LogP contribution in [0.1, 0.15) is 52.6 Å². The second kappa shape index (κ2) is 9.60. The number of benzene rings is 2. The summed E-state index contributed by atoms with van der Waals surface area (Å²) >= 11 is 0. The second-order valence-corrected chi connectivity index (χ2v) is 10.2. The van der Waals surface area contributed by atoms with Gasteiger partial charge in [-0.2, -0.15) is 0 Å². The first-order chi connectivity index (χ1) is 16.8. The number of nitrogens with zero attached hydrogens (tertiary/aromatic N) is 1. The predicted molar refractivity (Wildman–Crippen MR) is 129 cm³/mol. The van der Waals surface area contributed by atoms with E-state index in [-0.39, 0.29) is 18.6 Å². The van der Waals surface area contributed by atoms with E-state index in [1.165, 1.54) is 28.8 Å². The van der Waals surface area contributed by atoms with E-state index in [0.717, 1.165) is 24.8 Å². The minimum Gasteiger partial charge on any atom is -0.384 e. The highest BCUT2D eigenvalue weighted by molar-refractivity contribution is 5.82. The molecule has 2 unspecified atom stereocenters. The number of hydrogen-bond donors (Lipinski definition) is 1. The van der Waals surface area contributed by atoms with E-state index in [1.54, 1.807) is 7.11 Å². The molecule has 1 N–H and O–H groups in total. The van der Waals surface area contributed by atoms with Crippen LogP contribution < -0.4 is 5.32 Å². The van der Waals surface area contributed by atoms with Gasteiger partial charge in [0.05, 0.1) is 19.1 Å². The molecule has 0 bridgehead atoms. The van der Waals surface area contributed by atoms with Gasteiger partial charge in [0.1, 0.15) is 5.60 Å². The van der Waals surface area contributed by atoms with Crippen LogP contribution in [0, 0.1) is 31.4 Å². The lowest BCUT2D eigenvalue weighted by Crippen LogP contribution is -2.55. The highest BCUT2D eigenvalue weighted by atomic mass is 19.2. The summed E-state index contributed by atoms with van der Waals surface area (Å²) in [6, 6.07) is 7.06. The molecular formula is C28H34F2N2O3. The van der Waals surface area contributed by atoms with Gasteiger partial charge in [0.25, 0.3) is 0 Å². The summed E-state index contributed by atoms with van der Waals surface area (Å²) in [5, 5.41) is 3.35. The molecule has 1 amide bonds. The first-order valence-electron chi connectivity index (χ1n) is 12.6. The Morgan fingerprint density at radius 2 is 1.97 bits per heavy atom. The van der Waals surface area contributed by atoms with Gasteiger partial charge in [0, 0.05) is 26.2 Å². The largest absolute Gasteiger partial charge is 0.384 e. The molecule has 2 aromatic carbocycles. The fourth-order valence-corrected chi connectivity index (χ4v) is 5.73. The molecule has 188 valence electrons. The van der Waals surface area contributed by atoms with Gasteiger partial charge in [0.15, 0.2) is 11.6 Å². The fraction of sp³-hybridized carbons (Fsp3) is 0.536. The monoisotopic (exact) mass is 484 g/mol. The van der Waals surface area contributed by atoms with Crippen LogP contribution in [0.15, 0.2) is 24.3 Å². The Morgan fingerprint density at radius 1 is 1.20 bits per heavy atom. The van der Waals surface area contributed by atoms with E-state index in [0.29, 0.717) is 43.8 Å². The van der Waals surface area contributed by atoms with Gasteiger partial charge < -0.3 is 19.7 Å². The third-order valence-corrected chi connectivity index (χ3v) is 8.01. The van der Waals surface area contributed by atoms with Crippen LogP contribution >= 0.6 is 0 Å². The van der Waals surface area contributed by atoms with Crippen LogP contribution in [0.5, 0.6) is 0 Å². The van der Waals surface area contributed by atoms with Crippen molar-refractivity contribution in [2.75, 3.05) is 26.8 Å². The molecule has 2 fully saturated rings. The molecule has 3 aliphatic rings. The molecule has 2 aliphatic heterocycles. The number of halogens is 2. The van der Waals surface area contributed by atoms with Crippen LogP contribution in [-0.4, -0.2) is 43.7 Å². The lowest BCUT2D eigenvalue weighted by molar-refractivity contribution is -0.157. The summed E-state index contributed by atoms with van der Waals surface area (Å²) in [7, 11) is 1.70. The Balaban J connectivity index is 1.47. The van der Waals surface area contributed by atoms with Gasteiger partial charge in [-0.3, -0.25) is 4.79 Å². The number of fused-ring (bicyclic) bond motifs is 2. The SMILES string of the molecule is COCCc1cc(C)c(C)c(CN(C(=O)C2CNCCC23OCc2cc(F)c(F)cc23)C2CC2)c1. The lowest BCUT2D eigenvalue weighted by Gasteiger charge is -2.43. The minimum absolute atomic E-state index is 0.0247. The second-order valence-electron chi connectivity index (χ2n) is 10.2. The lowest BCUT2D eigenvalue weighted by atomic mass is 9.75. The molecule has 1 aliphatic carbocycles. The van der Waals surface area contributed by atoms with Crippen molar-refractivity contribution >= 4 is 5.91 Å². The first-order valence-corrected chi connectivity index (χ1v) is 12.6. The smallest absolute Gasteiger partial charge is 0.230 e. The number of nitrogens with one attached hydrogen (secondary N) is 1. The van der Waals surface area contributed by atoms with Crippen LogP contribution in [0.4, 0.5) is 8.78 Å². The Kier molecular flexibility index (Phi) is 6.68. The van der Waals surface area contributed by atoms with Gasteiger partial charge in [-0.25, -0.2) is 8.78 Å². The Hall–Kier alpha value is -2.35. The summed E-state index contributed by atoms with van der Waals surface area (Å²) in [6.45, 7) is 6.70. The van der Waals surface area contributed by atoms with Gasteiger partial charge in [-0.1, -0.05) is 12.1 Å². The number of carbonyl (C=O) groups is 1. The molecule has 5 nitrogen and oxygen atoms in total. The molecule has 1 saturated carbocycles. The Labute approximate surface area is 205 Å². The molecule has 2 heterocycles. The summed E-state index contributed by atoms with van der Waals surface area (Å²) in [5.41, 5.74) is 5.09. The number of aryl methyl sites for hydroxylation is 1. The zero-order chi connectivity index (χ0) is 24.7. The van der Waals surface area contributed by atoms with E-state index in [2.05, 4.69) is 31.3 Å². The summed E-state index contributed by atoms with van der Waals surface area (Å²) < 4.78 is 39.7. The number of amides is 1. The number of carbonyl (C=O) groups excluding carboxylic acids is 1. The third-order valence-electron chi connectivity index (χ3n) is 8.01. The van der Waals surface area contributed by atoms with Crippen LogP contribution in [-0.2, 0) is 39.4 Å². The van der Waals surface area contributed by atoms with Crippen molar-refractivity contribution in [1.29, 1.82) is 0 Å². The highest BCUT2D eigenvalue weighted by Gasteiger charge is 2.53. The standard InChI is InChI=1S/C28H34F2N2O3/c1-17-10-19(6-9-34-3)11-20(18(17)2)15-32(22-4-5-22)27(33)24-14-31-8-7-28(24)23-13-26(30)25(29)12-21(23)16-35-28/h10-13,22,24,31H,4-9,14-16H2,1-3H3. The molecule has 0 aromatic heterocycles. The zero-order valence-electron chi connectivity index (χ0n) is 20.8. The van der Waals surface area contributed by atoms with Crippen molar-refractivity contribution in [3.63, 3.8) is 0 Å². The van der Waals surface area contributed by atoms with Crippen LogP contribution in [0.25, 0.3) is 0 Å². The van der Waals surface area contributed by atoms with Crippen LogP contribution in [0.2, 0.25) is 0 Å². The molecular weight excluding hydrogens is 450 g/mol. The minimum atomic E-state index is -0.926. The Bertz CT molecular complexity index is 1130. The molecule has 1 spiro atoms. The van der Waals surface area contributed by atoms with Crippen molar-refractivity contribution in [3.05, 3.63) is 69.3 Å². The zero-order valence-corrected chi connectivity index (χ0v) is 20.8. The topological polar surface area (TPSA) is 50.8 Å². The van der Waals surface area contributed by atoms with Gasteiger partial charge in [0.2, 0.25) is 5.91 Å². The van der Waals surface area contributed by atoms with Crippen molar-refractivity contribution in [3.8, 4) is 0 Å².